The molecule has 9 rings (SSSR count). The molecule has 0 spiro atoms. The van der Waals surface area contributed by atoms with Crippen LogP contribution in [0, 0.1) is 40.5 Å². The van der Waals surface area contributed by atoms with Gasteiger partial charge >= 0.3 is 0 Å². The molecule has 0 radical (unpaired) electrons. The van der Waals surface area contributed by atoms with E-state index in [1.54, 1.807) is 0 Å². The van der Waals surface area contributed by atoms with E-state index in [1.165, 1.54) is 146 Å². The molecule has 1 heterocycles. The summed E-state index contributed by atoms with van der Waals surface area (Å²) >= 11 is 3.43. The fraction of sp³-hybridized carbons (Fsp3) is 0. The number of nitrogens with zero attached hydrogens (tertiary/aromatic N) is 12. The number of nitro groups is 4. The molecule has 76 heavy (non-hydrogen) atoms. The first-order valence-corrected chi connectivity index (χ1v) is 24.6. The van der Waals surface area contributed by atoms with Crippen LogP contribution in [-0.4, -0.2) is 40.1 Å². The molecule has 24 nitrogen and oxygen atoms in total. The number of azo groups is 4. The van der Waals surface area contributed by atoms with Gasteiger partial charge < -0.3 is 20.4 Å². The van der Waals surface area contributed by atoms with E-state index in [1.807, 2.05) is 0 Å². The molecular weight excluding hydrogens is 1060 g/mol. The van der Waals surface area contributed by atoms with Crippen molar-refractivity contribution in [2.75, 3.05) is 0 Å². The summed E-state index contributed by atoms with van der Waals surface area (Å²) in [6.45, 7) is 0. The highest BCUT2D eigenvalue weighted by Crippen LogP contribution is 2.56. The Balaban J connectivity index is 1.22. The Morgan fingerprint density at radius 2 is 0.408 bits per heavy atom. The fourth-order valence-corrected chi connectivity index (χ4v) is 10.9. The van der Waals surface area contributed by atoms with Crippen LogP contribution in [0.25, 0.3) is 0 Å². The number of benzene rings is 8. The maximum atomic E-state index is 12.1. The van der Waals surface area contributed by atoms with Gasteiger partial charge in [-0.3, -0.25) is 40.5 Å². The van der Waals surface area contributed by atoms with Crippen LogP contribution < -0.4 is 0 Å². The zero-order chi connectivity index (χ0) is 53.6. The lowest BCUT2D eigenvalue weighted by Gasteiger charge is -2.17. The topological polar surface area (TPSA) is 352 Å². The molecule has 0 unspecified atom stereocenters. The van der Waals surface area contributed by atoms with E-state index in [-0.39, 0.29) is 130 Å². The lowest BCUT2D eigenvalue weighted by atomic mass is 10.3. The van der Waals surface area contributed by atoms with Gasteiger partial charge in [0, 0.05) is 48.5 Å². The van der Waals surface area contributed by atoms with E-state index >= 15 is 0 Å². The second-order valence-corrected chi connectivity index (χ2v) is 19.8. The molecule has 0 atom stereocenters. The van der Waals surface area contributed by atoms with Crippen LogP contribution in [0.5, 0.6) is 23.0 Å². The first-order valence-electron chi connectivity index (χ1n) is 21.4. The van der Waals surface area contributed by atoms with Crippen LogP contribution in [0.3, 0.4) is 0 Å². The Labute approximate surface area is 442 Å². The van der Waals surface area contributed by atoms with Gasteiger partial charge in [-0.15, -0.1) is 0 Å². The quantitative estimate of drug-likeness (QED) is 0.0501. The molecule has 8 bridgehead atoms. The minimum Gasteiger partial charge on any atom is -0.506 e. The molecule has 28 heteroatoms. The van der Waals surface area contributed by atoms with Crippen molar-refractivity contribution in [3.63, 3.8) is 0 Å². The third-order valence-electron chi connectivity index (χ3n) is 10.3. The maximum Gasteiger partial charge on any atom is 0.269 e. The number of nitro benzene ring substituents is 4. The van der Waals surface area contributed by atoms with Crippen molar-refractivity contribution in [1.82, 2.24) is 0 Å². The lowest BCUT2D eigenvalue weighted by molar-refractivity contribution is -0.385. The lowest BCUT2D eigenvalue weighted by Crippen LogP contribution is -1.87. The number of non-ortho nitro benzene ring substituents is 4. The zero-order valence-electron chi connectivity index (χ0n) is 37.9. The van der Waals surface area contributed by atoms with Crippen LogP contribution in [0.4, 0.5) is 68.2 Å². The van der Waals surface area contributed by atoms with Crippen molar-refractivity contribution in [2.24, 2.45) is 40.9 Å². The molecule has 4 N–H and O–H groups in total. The predicted molar refractivity (Wildman–Crippen MR) is 278 cm³/mol. The molecule has 0 aromatic heterocycles. The van der Waals surface area contributed by atoms with Gasteiger partial charge in [0.05, 0.1) is 104 Å². The van der Waals surface area contributed by atoms with Crippen molar-refractivity contribution in [3.8, 4) is 23.0 Å². The van der Waals surface area contributed by atoms with E-state index in [2.05, 4.69) is 40.9 Å². The number of hydrogen-bond acceptors (Lipinski definition) is 24. The molecule has 0 saturated carbocycles. The Kier molecular flexibility index (Phi) is 15.0. The minimum absolute atomic E-state index is 0.0901. The summed E-state index contributed by atoms with van der Waals surface area (Å²) in [4.78, 5) is 43.7. The maximum absolute atomic E-state index is 12.1. The van der Waals surface area contributed by atoms with E-state index in [4.69, 9.17) is 0 Å². The Bertz CT molecular complexity index is 3190. The first kappa shape index (κ1) is 51.3. The summed E-state index contributed by atoms with van der Waals surface area (Å²) in [5.41, 5.74) is 0.855. The van der Waals surface area contributed by atoms with Crippen molar-refractivity contribution in [3.05, 3.63) is 186 Å². The number of rotatable bonds is 12. The van der Waals surface area contributed by atoms with Crippen LogP contribution in [0.2, 0.25) is 0 Å². The molecule has 0 fully saturated rings. The molecule has 0 aliphatic carbocycles. The summed E-state index contributed by atoms with van der Waals surface area (Å²) in [5.74, 6) is -1.39. The average molecular weight is 1090 g/mol. The predicted octanol–water partition coefficient (Wildman–Crippen LogP) is 16.7. The number of phenols is 4. The van der Waals surface area contributed by atoms with Crippen molar-refractivity contribution >= 4 is 115 Å². The van der Waals surface area contributed by atoms with Gasteiger partial charge in [0.15, 0.2) is 0 Å². The van der Waals surface area contributed by atoms with E-state index in [9.17, 15) is 60.9 Å². The van der Waals surface area contributed by atoms with Crippen molar-refractivity contribution in [1.29, 1.82) is 0 Å². The Morgan fingerprint density at radius 3 is 0.553 bits per heavy atom. The minimum atomic E-state index is -0.566. The highest BCUT2D eigenvalue weighted by Gasteiger charge is 2.24. The van der Waals surface area contributed by atoms with Crippen LogP contribution >= 0.6 is 47.0 Å². The summed E-state index contributed by atoms with van der Waals surface area (Å²) in [6, 6.07) is 32.7. The zero-order valence-corrected chi connectivity index (χ0v) is 41.2. The molecule has 0 saturated heterocycles. The summed E-state index contributed by atoms with van der Waals surface area (Å²) in [7, 11) is 0. The molecule has 0 amide bonds. The van der Waals surface area contributed by atoms with Crippen LogP contribution in [0.1, 0.15) is 0 Å². The Hall–Kier alpha value is -9.64. The van der Waals surface area contributed by atoms with Gasteiger partial charge in [-0.2, -0.15) is 40.9 Å². The van der Waals surface area contributed by atoms with Gasteiger partial charge in [0.1, 0.15) is 23.0 Å². The summed E-state index contributed by atoms with van der Waals surface area (Å²) in [5, 5.41) is 128. The molecule has 1 aliphatic rings. The number of aromatic hydroxyl groups is 4. The normalized spacial score (nSPS) is 12.4. The monoisotopic (exact) mass is 1090 g/mol. The third kappa shape index (κ3) is 12.1. The largest absolute Gasteiger partial charge is 0.506 e. The van der Waals surface area contributed by atoms with E-state index < -0.39 is 19.7 Å². The number of hydrogen-bond donors (Lipinski definition) is 4. The molecule has 8 aromatic rings. The third-order valence-corrected chi connectivity index (χ3v) is 14.6. The average Bonchev–Trinajstić information content (AvgIpc) is 3.41. The van der Waals surface area contributed by atoms with E-state index in [0.717, 1.165) is 47.0 Å². The smallest absolute Gasteiger partial charge is 0.269 e. The SMILES string of the molecule is O=[N+]([O-])c1ccc(N=Nc2cc3c(O)c(c2)Sc2cc(N=Nc4ccc([N+](=O)[O-])cc4)cc(c2O)Sc2cc(N=Nc4ccc([N+](=O)[O-])cc4)cc(c2O)Sc2cc(N=Nc4ccc([N+](=O)[O-])cc4)cc(c2O)S3)cc1. The first-order chi connectivity index (χ1) is 36.5. The second kappa shape index (κ2) is 22.2. The standard InChI is InChI=1S/C48H28N12O12S4/c61-45-37-17-29(53-49-25-1-9-33(10-2-25)57(65)66)18-38(45)74-40-20-31(55-51-27-5-13-35(14-6-27)59(69)70)22-42(47(40)63)76-44-24-32(56-52-28-7-15-36(16-8-28)60(71)72)23-43(48(44)64)75-41-21-30(19-39(73-37)46(41)62)54-50-26-3-11-34(12-4-26)58(67)68/h1-24,61-64H. The van der Waals surface area contributed by atoms with E-state index in [0.29, 0.717) is 0 Å². The fourth-order valence-electron chi connectivity index (χ4n) is 6.63. The molecule has 8 aromatic carbocycles. The van der Waals surface area contributed by atoms with Gasteiger partial charge in [-0.1, -0.05) is 47.0 Å². The number of fused-ring (bicyclic) bond motifs is 8. The number of phenolic OH excluding ortho intramolecular Hbond substituents is 4. The van der Waals surface area contributed by atoms with Crippen LogP contribution in [-0.2, 0) is 0 Å². The van der Waals surface area contributed by atoms with Crippen LogP contribution in [0.15, 0.2) is 226 Å². The van der Waals surface area contributed by atoms with Gasteiger partial charge in [-0.05, 0) is 97.1 Å². The van der Waals surface area contributed by atoms with Gasteiger partial charge in [-0.25, -0.2) is 0 Å². The molecule has 376 valence electrons. The van der Waals surface area contributed by atoms with Gasteiger partial charge in [0.25, 0.3) is 22.7 Å². The van der Waals surface area contributed by atoms with Gasteiger partial charge in [0.2, 0.25) is 0 Å². The molecule has 1 aliphatic heterocycles. The summed E-state index contributed by atoms with van der Waals surface area (Å²) < 4.78 is 0. The summed E-state index contributed by atoms with van der Waals surface area (Å²) in [6.07, 6.45) is 0. The second-order valence-electron chi connectivity index (χ2n) is 15.5. The highest BCUT2D eigenvalue weighted by molar-refractivity contribution is 8.01. The van der Waals surface area contributed by atoms with Crippen molar-refractivity contribution < 1.29 is 40.1 Å². The van der Waals surface area contributed by atoms with Crippen molar-refractivity contribution in [2.45, 2.75) is 39.2 Å². The highest BCUT2D eigenvalue weighted by atomic mass is 32.2. The Morgan fingerprint density at radius 1 is 0.263 bits per heavy atom. The molecular formula is C48H28N12O12S4.